The molecule has 1 unspecified atom stereocenters. The quantitative estimate of drug-likeness (QED) is 0.239. The number of methoxy groups -OCH3 is 1. The van der Waals surface area contributed by atoms with Crippen LogP contribution in [0.15, 0.2) is 65.6 Å². The summed E-state index contributed by atoms with van der Waals surface area (Å²) < 4.78 is 11.2. The van der Waals surface area contributed by atoms with Gasteiger partial charge in [0.05, 0.1) is 31.9 Å². The molecule has 1 amide bonds. The van der Waals surface area contributed by atoms with E-state index in [0.717, 1.165) is 16.2 Å². The van der Waals surface area contributed by atoms with E-state index in [4.69, 9.17) is 9.47 Å². The molecule has 1 atom stereocenters. The van der Waals surface area contributed by atoms with Crippen molar-refractivity contribution in [3.8, 4) is 11.5 Å². The number of ketones is 1. The molecule has 0 spiro atoms. The van der Waals surface area contributed by atoms with Gasteiger partial charge in [-0.15, -0.1) is 11.3 Å². The molecule has 1 N–H and O–H groups in total. The van der Waals surface area contributed by atoms with E-state index in [1.54, 1.807) is 31.4 Å². The highest BCUT2D eigenvalue weighted by Gasteiger charge is 2.46. The number of Topliss-reactive ketones (excluding diaryl/α,β-unsaturated/α-hetero) is 1. The molecule has 3 aromatic rings. The molecule has 1 saturated heterocycles. The lowest BCUT2D eigenvalue weighted by molar-refractivity contribution is -0.140. The molecule has 0 saturated carbocycles. The Morgan fingerprint density at radius 1 is 1.08 bits per heavy atom. The number of ether oxygens (including phenoxy) is 2. The van der Waals surface area contributed by atoms with E-state index >= 15 is 0 Å². The highest BCUT2D eigenvalue weighted by molar-refractivity contribution is 7.09. The number of nitrogens with zero attached hydrogens (tertiary/aromatic N) is 1. The van der Waals surface area contributed by atoms with Gasteiger partial charge >= 0.3 is 0 Å². The number of aliphatic hydroxyl groups is 1. The normalized spacial score (nSPS) is 17.5. The molecule has 2 aromatic carbocycles. The molecule has 2 heterocycles. The van der Waals surface area contributed by atoms with Gasteiger partial charge in [-0.1, -0.05) is 39.0 Å². The molecule has 6 nitrogen and oxygen atoms in total. The van der Waals surface area contributed by atoms with E-state index < -0.39 is 17.7 Å². The zero-order valence-corrected chi connectivity index (χ0v) is 22.0. The standard InChI is InChI=1S/C29H31NO5S/c1-6-35-23-13-12-19(16-22(23)29(2,3)4)26(31)24-25(18-9-7-10-20(15-18)34-5)30(28(33)27(24)32)17-21-11-8-14-36-21/h7-16,25,31H,6,17H2,1-5H3/b26-24-. The minimum Gasteiger partial charge on any atom is -0.507 e. The van der Waals surface area contributed by atoms with E-state index in [1.807, 2.05) is 42.6 Å². The Balaban J connectivity index is 1.90. The van der Waals surface area contributed by atoms with E-state index in [0.29, 0.717) is 23.5 Å². The molecule has 188 valence electrons. The SMILES string of the molecule is CCOc1ccc(/C(O)=C2/C(=O)C(=O)N(Cc3cccs3)C2c2cccc(OC)c2)cc1C(C)(C)C. The predicted octanol–water partition coefficient (Wildman–Crippen LogP) is 6.07. The molecule has 4 rings (SSSR count). The van der Waals surface area contributed by atoms with Gasteiger partial charge in [0.1, 0.15) is 17.3 Å². The van der Waals surface area contributed by atoms with Gasteiger partial charge in [-0.25, -0.2) is 0 Å². The van der Waals surface area contributed by atoms with Crippen molar-refractivity contribution in [1.29, 1.82) is 0 Å². The van der Waals surface area contributed by atoms with E-state index in [-0.39, 0.29) is 23.3 Å². The van der Waals surface area contributed by atoms with Crippen LogP contribution in [-0.2, 0) is 21.5 Å². The third kappa shape index (κ3) is 4.88. The summed E-state index contributed by atoms with van der Waals surface area (Å²) in [6.45, 7) is 8.87. The molecule has 0 bridgehead atoms. The number of amides is 1. The van der Waals surface area contributed by atoms with Crippen LogP contribution in [0.3, 0.4) is 0 Å². The van der Waals surface area contributed by atoms with Crippen LogP contribution >= 0.6 is 11.3 Å². The highest BCUT2D eigenvalue weighted by atomic mass is 32.1. The number of aliphatic hydroxyl groups excluding tert-OH is 1. The molecule has 36 heavy (non-hydrogen) atoms. The van der Waals surface area contributed by atoms with Crippen LogP contribution in [0.2, 0.25) is 0 Å². The van der Waals surface area contributed by atoms with Crippen LogP contribution in [0.5, 0.6) is 11.5 Å². The molecule has 1 aliphatic rings. The Hall–Kier alpha value is -3.58. The van der Waals surface area contributed by atoms with Crippen molar-refractivity contribution in [3.63, 3.8) is 0 Å². The van der Waals surface area contributed by atoms with Gasteiger partial charge in [-0.3, -0.25) is 9.59 Å². The second kappa shape index (κ2) is 10.2. The fraction of sp³-hybridized carbons (Fsp3) is 0.310. The molecule has 7 heteroatoms. The zero-order chi connectivity index (χ0) is 26.0. The molecule has 1 aliphatic heterocycles. The largest absolute Gasteiger partial charge is 0.507 e. The number of thiophene rings is 1. The van der Waals surface area contributed by atoms with Crippen molar-refractivity contribution in [3.05, 3.63) is 87.1 Å². The number of likely N-dealkylation sites (tertiary alicyclic amines) is 1. The lowest BCUT2D eigenvalue weighted by Gasteiger charge is -2.26. The Morgan fingerprint density at radius 2 is 1.86 bits per heavy atom. The van der Waals surface area contributed by atoms with E-state index in [2.05, 4.69) is 20.8 Å². The summed E-state index contributed by atoms with van der Waals surface area (Å²) in [6.07, 6.45) is 0. The van der Waals surface area contributed by atoms with Gasteiger partial charge in [-0.05, 0) is 59.7 Å². The first kappa shape index (κ1) is 25.5. The van der Waals surface area contributed by atoms with Crippen molar-refractivity contribution in [1.82, 2.24) is 4.90 Å². The maximum absolute atomic E-state index is 13.4. The number of hydrogen-bond acceptors (Lipinski definition) is 6. The topological polar surface area (TPSA) is 76.1 Å². The summed E-state index contributed by atoms with van der Waals surface area (Å²) in [6, 6.07) is 15.7. The smallest absolute Gasteiger partial charge is 0.295 e. The van der Waals surface area contributed by atoms with E-state index in [1.165, 1.54) is 16.2 Å². The first-order chi connectivity index (χ1) is 17.2. The van der Waals surface area contributed by atoms with E-state index in [9.17, 15) is 14.7 Å². The van der Waals surface area contributed by atoms with Gasteiger partial charge in [-0.2, -0.15) is 0 Å². The minimum absolute atomic E-state index is 0.0637. The summed E-state index contributed by atoms with van der Waals surface area (Å²) in [5.74, 6) is -0.222. The maximum Gasteiger partial charge on any atom is 0.295 e. The maximum atomic E-state index is 13.4. The third-order valence-corrected chi connectivity index (χ3v) is 7.08. The van der Waals surface area contributed by atoms with Crippen molar-refractivity contribution in [2.75, 3.05) is 13.7 Å². The van der Waals surface area contributed by atoms with Crippen molar-refractivity contribution in [2.45, 2.75) is 45.7 Å². The van der Waals surface area contributed by atoms with Crippen LogP contribution in [0.25, 0.3) is 5.76 Å². The summed E-state index contributed by atoms with van der Waals surface area (Å²) in [4.78, 5) is 29.1. The number of carbonyl (C=O) groups is 2. The van der Waals surface area contributed by atoms with Gasteiger partial charge in [0.15, 0.2) is 0 Å². The van der Waals surface area contributed by atoms with Crippen LogP contribution in [0.1, 0.15) is 55.3 Å². The minimum atomic E-state index is -0.758. The second-order valence-electron chi connectivity index (χ2n) is 9.68. The van der Waals surface area contributed by atoms with Crippen LogP contribution in [0, 0.1) is 0 Å². The molecular weight excluding hydrogens is 474 g/mol. The Kier molecular flexibility index (Phi) is 7.22. The molecule has 0 aliphatic carbocycles. The fourth-order valence-corrected chi connectivity index (χ4v) is 5.17. The monoisotopic (exact) mass is 505 g/mol. The van der Waals surface area contributed by atoms with Gasteiger partial charge in [0, 0.05) is 16.0 Å². The Morgan fingerprint density at radius 3 is 2.50 bits per heavy atom. The molecule has 0 radical (unpaired) electrons. The molecular formula is C29H31NO5S. The zero-order valence-electron chi connectivity index (χ0n) is 21.2. The van der Waals surface area contributed by atoms with Crippen molar-refractivity contribution < 1.29 is 24.2 Å². The number of carbonyl (C=O) groups excluding carboxylic acids is 2. The lowest BCUT2D eigenvalue weighted by atomic mass is 9.84. The van der Waals surface area contributed by atoms with Gasteiger partial charge < -0.3 is 19.5 Å². The van der Waals surface area contributed by atoms with Crippen molar-refractivity contribution in [2.24, 2.45) is 0 Å². The number of benzene rings is 2. The first-order valence-corrected chi connectivity index (χ1v) is 12.8. The average Bonchev–Trinajstić information content (AvgIpc) is 3.46. The first-order valence-electron chi connectivity index (χ1n) is 11.9. The van der Waals surface area contributed by atoms with Gasteiger partial charge in [0.25, 0.3) is 11.7 Å². The molecule has 1 aromatic heterocycles. The van der Waals surface area contributed by atoms with Crippen LogP contribution in [0.4, 0.5) is 0 Å². The summed E-state index contributed by atoms with van der Waals surface area (Å²) in [5, 5.41) is 13.5. The number of rotatable bonds is 7. The summed E-state index contributed by atoms with van der Waals surface area (Å²) in [5.41, 5.74) is 1.85. The Bertz CT molecular complexity index is 1300. The highest BCUT2D eigenvalue weighted by Crippen LogP contribution is 2.42. The predicted molar refractivity (Wildman–Crippen MR) is 141 cm³/mol. The van der Waals surface area contributed by atoms with Crippen molar-refractivity contribution >= 4 is 28.8 Å². The average molecular weight is 506 g/mol. The Labute approximate surface area is 215 Å². The van der Waals surface area contributed by atoms with Crippen LogP contribution < -0.4 is 9.47 Å². The van der Waals surface area contributed by atoms with Crippen LogP contribution in [-0.4, -0.2) is 35.4 Å². The summed E-state index contributed by atoms with van der Waals surface area (Å²) in [7, 11) is 1.57. The second-order valence-corrected chi connectivity index (χ2v) is 10.7. The number of hydrogen-bond donors (Lipinski definition) is 1. The lowest BCUT2D eigenvalue weighted by Crippen LogP contribution is -2.28. The summed E-state index contributed by atoms with van der Waals surface area (Å²) >= 11 is 1.51. The molecule has 1 fully saturated rings. The third-order valence-electron chi connectivity index (χ3n) is 6.22. The fourth-order valence-electron chi connectivity index (χ4n) is 4.47. The van der Waals surface area contributed by atoms with Gasteiger partial charge in [0.2, 0.25) is 0 Å².